The molecule has 2 aliphatic rings. The fourth-order valence-electron chi connectivity index (χ4n) is 5.76. The minimum absolute atomic E-state index is 0.187. The number of nitrogens with one attached hydrogen (secondary N) is 1. The first-order chi connectivity index (χ1) is 17.2. The van der Waals surface area contributed by atoms with E-state index in [0.717, 1.165) is 73.7 Å². The summed E-state index contributed by atoms with van der Waals surface area (Å²) in [4.78, 5) is 13.5. The van der Waals surface area contributed by atoms with E-state index in [4.69, 9.17) is 0 Å². The molecule has 0 saturated carbocycles. The molecule has 1 aliphatic carbocycles. The Bertz CT molecular complexity index is 1400. The van der Waals surface area contributed by atoms with Crippen molar-refractivity contribution in [2.45, 2.75) is 32.1 Å². The van der Waals surface area contributed by atoms with Gasteiger partial charge in [0, 0.05) is 24.7 Å². The molecule has 1 N–H and O–H groups in total. The second-order valence-corrected chi connectivity index (χ2v) is 9.61. The number of aromatic nitrogens is 2. The fourth-order valence-corrected chi connectivity index (χ4v) is 5.76. The van der Waals surface area contributed by atoms with Crippen LogP contribution in [0.3, 0.4) is 0 Å². The van der Waals surface area contributed by atoms with E-state index in [1.807, 2.05) is 12.1 Å². The molecule has 4 nitrogen and oxygen atoms in total. The van der Waals surface area contributed by atoms with Crippen molar-refractivity contribution in [2.75, 3.05) is 18.0 Å². The van der Waals surface area contributed by atoms with Crippen molar-refractivity contribution >= 4 is 34.0 Å². The zero-order chi connectivity index (χ0) is 23.8. The van der Waals surface area contributed by atoms with E-state index in [-0.39, 0.29) is 5.92 Å². The van der Waals surface area contributed by atoms with Crippen LogP contribution in [0, 0.1) is 11.9 Å². The molecule has 1 fully saturated rings. The van der Waals surface area contributed by atoms with Crippen molar-refractivity contribution in [1.82, 2.24) is 10.2 Å². The largest absolute Gasteiger partial charge is 0.371 e. The van der Waals surface area contributed by atoms with Crippen LogP contribution in [0.2, 0.25) is 0 Å². The average Bonchev–Trinajstić information content (AvgIpc) is 3.19. The molecule has 35 heavy (non-hydrogen) atoms. The minimum atomic E-state index is -0.423. The predicted octanol–water partition coefficient (Wildman–Crippen LogP) is 6.41. The Morgan fingerprint density at radius 3 is 2.43 bits per heavy atom. The number of hydrogen-bond donors (Lipinski definition) is 1. The highest BCUT2D eigenvalue weighted by Crippen LogP contribution is 2.42. The normalized spacial score (nSPS) is 16.9. The summed E-state index contributed by atoms with van der Waals surface area (Å²) in [6.45, 7) is 1.81. The SMILES string of the molecule is O=CC1CCN(c2ccc(C3=C(c4ccccc4)CCCc4c3ccc3[nH]nc(F)c43)cc2)CC1. The molecular weight excluding hydrogens is 437 g/mol. The van der Waals surface area contributed by atoms with Crippen LogP contribution in [0.5, 0.6) is 0 Å². The second-order valence-electron chi connectivity index (χ2n) is 9.61. The molecule has 6 rings (SSSR count). The lowest BCUT2D eigenvalue weighted by atomic mass is 9.87. The topological polar surface area (TPSA) is 49.0 Å². The lowest BCUT2D eigenvalue weighted by Gasteiger charge is -2.31. The monoisotopic (exact) mass is 465 g/mol. The van der Waals surface area contributed by atoms with Crippen LogP contribution in [0.15, 0.2) is 66.7 Å². The molecule has 2 heterocycles. The van der Waals surface area contributed by atoms with Gasteiger partial charge in [0.1, 0.15) is 6.29 Å². The van der Waals surface area contributed by atoms with Crippen LogP contribution in [0.1, 0.15) is 47.9 Å². The highest BCUT2D eigenvalue weighted by atomic mass is 19.1. The van der Waals surface area contributed by atoms with Gasteiger partial charge in [0.25, 0.3) is 0 Å². The zero-order valence-electron chi connectivity index (χ0n) is 19.6. The third-order valence-electron chi connectivity index (χ3n) is 7.59. The third kappa shape index (κ3) is 3.95. The van der Waals surface area contributed by atoms with Crippen LogP contribution in [-0.4, -0.2) is 29.6 Å². The third-order valence-corrected chi connectivity index (χ3v) is 7.59. The number of carbonyl (C=O) groups is 1. The number of allylic oxidation sites excluding steroid dienone is 1. The van der Waals surface area contributed by atoms with Crippen molar-refractivity contribution in [3.05, 3.63) is 94.9 Å². The quantitative estimate of drug-likeness (QED) is 0.354. The van der Waals surface area contributed by atoms with Gasteiger partial charge in [0.05, 0.1) is 10.9 Å². The van der Waals surface area contributed by atoms with Gasteiger partial charge in [0.2, 0.25) is 5.95 Å². The number of carbonyl (C=O) groups excluding carboxylic acids is 1. The average molecular weight is 466 g/mol. The number of nitrogens with zero attached hydrogens (tertiary/aromatic N) is 2. The summed E-state index contributed by atoms with van der Waals surface area (Å²) in [6.07, 6.45) is 5.61. The maximum Gasteiger partial charge on any atom is 0.240 e. The Kier molecular flexibility index (Phi) is 5.69. The van der Waals surface area contributed by atoms with Crippen molar-refractivity contribution in [3.8, 4) is 0 Å². The van der Waals surface area contributed by atoms with Gasteiger partial charge in [-0.2, -0.15) is 4.39 Å². The summed E-state index contributed by atoms with van der Waals surface area (Å²) in [5.74, 6) is -0.236. The van der Waals surface area contributed by atoms with Gasteiger partial charge in [0.15, 0.2) is 0 Å². The molecule has 1 aliphatic heterocycles. The van der Waals surface area contributed by atoms with Crippen molar-refractivity contribution in [3.63, 3.8) is 0 Å². The number of hydrogen-bond acceptors (Lipinski definition) is 3. The van der Waals surface area contributed by atoms with E-state index in [9.17, 15) is 9.18 Å². The van der Waals surface area contributed by atoms with Crippen LogP contribution in [-0.2, 0) is 11.2 Å². The molecule has 0 amide bonds. The van der Waals surface area contributed by atoms with Crippen LogP contribution < -0.4 is 4.90 Å². The number of aromatic amines is 1. The van der Waals surface area contributed by atoms with Gasteiger partial charge in [-0.25, -0.2) is 0 Å². The standard InChI is InChI=1S/C30H28FN3O/c31-30-29-25-8-4-7-24(21-5-2-1-3-6-21)28(26(25)13-14-27(29)32-33-30)22-9-11-23(12-10-22)34-17-15-20(19-35)16-18-34/h1-3,5-6,9-14,19-20H,4,7-8,15-18H2,(H,32,33). The molecule has 1 saturated heterocycles. The first kappa shape index (κ1) is 21.8. The van der Waals surface area contributed by atoms with E-state index in [0.29, 0.717) is 5.39 Å². The summed E-state index contributed by atoms with van der Waals surface area (Å²) in [5, 5.41) is 7.30. The highest BCUT2D eigenvalue weighted by molar-refractivity contribution is 6.02. The lowest BCUT2D eigenvalue weighted by Crippen LogP contribution is -2.34. The van der Waals surface area contributed by atoms with Crippen molar-refractivity contribution < 1.29 is 9.18 Å². The van der Waals surface area contributed by atoms with E-state index in [2.05, 4.69) is 69.7 Å². The van der Waals surface area contributed by atoms with E-state index in [1.165, 1.54) is 22.4 Å². The lowest BCUT2D eigenvalue weighted by molar-refractivity contribution is -0.111. The van der Waals surface area contributed by atoms with Gasteiger partial charge >= 0.3 is 0 Å². The van der Waals surface area contributed by atoms with Gasteiger partial charge in [-0.1, -0.05) is 48.5 Å². The summed E-state index contributed by atoms with van der Waals surface area (Å²) in [7, 11) is 0. The number of H-pyrrole nitrogens is 1. The number of aldehydes is 1. The first-order valence-corrected chi connectivity index (χ1v) is 12.5. The Hall–Kier alpha value is -3.73. The number of benzene rings is 3. The highest BCUT2D eigenvalue weighted by Gasteiger charge is 2.24. The van der Waals surface area contributed by atoms with Crippen molar-refractivity contribution in [1.29, 1.82) is 0 Å². The van der Waals surface area contributed by atoms with E-state index < -0.39 is 5.95 Å². The molecule has 3 aromatic carbocycles. The molecule has 0 unspecified atom stereocenters. The summed E-state index contributed by atoms with van der Waals surface area (Å²) >= 11 is 0. The Morgan fingerprint density at radius 2 is 1.69 bits per heavy atom. The predicted molar refractivity (Wildman–Crippen MR) is 139 cm³/mol. The number of piperidine rings is 1. The van der Waals surface area contributed by atoms with Crippen LogP contribution in [0.25, 0.3) is 22.0 Å². The second kappa shape index (κ2) is 9.14. The first-order valence-electron chi connectivity index (χ1n) is 12.5. The Balaban J connectivity index is 1.48. The van der Waals surface area contributed by atoms with Crippen LogP contribution >= 0.6 is 0 Å². The Morgan fingerprint density at radius 1 is 0.914 bits per heavy atom. The fraction of sp³-hybridized carbons (Fsp3) is 0.267. The number of aryl methyl sites for hydroxylation is 1. The summed E-state index contributed by atoms with van der Waals surface area (Å²) in [5.41, 5.74) is 8.89. The zero-order valence-corrected chi connectivity index (χ0v) is 19.6. The van der Waals surface area contributed by atoms with Gasteiger partial charge in [-0.05, 0) is 83.7 Å². The smallest absolute Gasteiger partial charge is 0.240 e. The molecule has 176 valence electrons. The van der Waals surface area contributed by atoms with Gasteiger partial charge < -0.3 is 9.69 Å². The molecular formula is C30H28FN3O. The molecule has 4 aromatic rings. The molecule has 0 bridgehead atoms. The maximum atomic E-state index is 14.7. The molecule has 0 radical (unpaired) electrons. The van der Waals surface area contributed by atoms with Gasteiger partial charge in [-0.15, -0.1) is 5.10 Å². The van der Waals surface area contributed by atoms with E-state index >= 15 is 0 Å². The molecule has 1 aromatic heterocycles. The van der Waals surface area contributed by atoms with Gasteiger partial charge in [-0.3, -0.25) is 5.10 Å². The van der Waals surface area contributed by atoms with Crippen molar-refractivity contribution in [2.24, 2.45) is 5.92 Å². The maximum absolute atomic E-state index is 14.7. The molecule has 5 heteroatoms. The minimum Gasteiger partial charge on any atom is -0.371 e. The number of rotatable bonds is 4. The molecule has 0 spiro atoms. The summed E-state index contributed by atoms with van der Waals surface area (Å²) < 4.78 is 14.7. The Labute approximate surface area is 204 Å². The number of anilines is 1. The van der Waals surface area contributed by atoms with E-state index in [1.54, 1.807) is 0 Å². The number of fused-ring (bicyclic) bond motifs is 3. The molecule has 0 atom stereocenters. The summed E-state index contributed by atoms with van der Waals surface area (Å²) in [6, 6.07) is 23.4. The van der Waals surface area contributed by atoms with Crippen LogP contribution in [0.4, 0.5) is 10.1 Å². The number of halogens is 1.